The van der Waals surface area contributed by atoms with E-state index in [0.29, 0.717) is 13.0 Å². The van der Waals surface area contributed by atoms with E-state index < -0.39 is 6.10 Å². The third-order valence-corrected chi connectivity index (χ3v) is 2.85. The van der Waals surface area contributed by atoms with E-state index in [4.69, 9.17) is 5.11 Å². The highest BCUT2D eigenvalue weighted by Crippen LogP contribution is 2.14. The van der Waals surface area contributed by atoms with Crippen molar-refractivity contribution in [3.05, 3.63) is 28.7 Å². The van der Waals surface area contributed by atoms with Crippen molar-refractivity contribution in [2.75, 3.05) is 18.9 Å². The van der Waals surface area contributed by atoms with Crippen LogP contribution in [0.3, 0.4) is 0 Å². The molecule has 2 amide bonds. The van der Waals surface area contributed by atoms with Crippen molar-refractivity contribution in [3.63, 3.8) is 0 Å². The lowest BCUT2D eigenvalue weighted by molar-refractivity contribution is 0.167. The largest absolute Gasteiger partial charge is 0.393 e. The number of carbonyl (C=O) groups excluding carboxylic acids is 1. The summed E-state index contributed by atoms with van der Waals surface area (Å²) < 4.78 is 0.970. The van der Waals surface area contributed by atoms with Gasteiger partial charge in [-0.05, 0) is 37.6 Å². The standard InChI is InChI=1S/C12H17BrN2O2/c1-9(16)7-8-15(2)12(17)14-11-5-3-10(13)4-6-11/h3-6,9,16H,7-8H2,1-2H3,(H,14,17)/t9-/m0/s1. The molecule has 1 aromatic carbocycles. The number of nitrogens with zero attached hydrogens (tertiary/aromatic N) is 1. The van der Waals surface area contributed by atoms with Crippen molar-refractivity contribution in [1.82, 2.24) is 4.90 Å². The predicted octanol–water partition coefficient (Wildman–Crippen LogP) is 2.68. The van der Waals surface area contributed by atoms with Gasteiger partial charge in [-0.1, -0.05) is 15.9 Å². The van der Waals surface area contributed by atoms with Gasteiger partial charge in [0, 0.05) is 23.8 Å². The molecule has 0 aliphatic heterocycles. The molecule has 0 aliphatic rings. The Hall–Kier alpha value is -1.07. The lowest BCUT2D eigenvalue weighted by Gasteiger charge is -2.18. The molecule has 0 unspecified atom stereocenters. The zero-order chi connectivity index (χ0) is 12.8. The fourth-order valence-electron chi connectivity index (χ4n) is 1.23. The number of rotatable bonds is 4. The first kappa shape index (κ1) is 14.0. The first-order chi connectivity index (χ1) is 7.99. The Labute approximate surface area is 110 Å². The fourth-order valence-corrected chi connectivity index (χ4v) is 1.50. The van der Waals surface area contributed by atoms with Crippen LogP contribution in [0.5, 0.6) is 0 Å². The number of hydrogen-bond donors (Lipinski definition) is 2. The van der Waals surface area contributed by atoms with Crippen molar-refractivity contribution in [1.29, 1.82) is 0 Å². The Balaban J connectivity index is 2.45. The van der Waals surface area contributed by atoms with Crippen LogP contribution in [-0.2, 0) is 0 Å². The number of urea groups is 1. The summed E-state index contributed by atoms with van der Waals surface area (Å²) in [5.74, 6) is 0. The summed E-state index contributed by atoms with van der Waals surface area (Å²) in [6, 6.07) is 7.21. The van der Waals surface area contributed by atoms with Gasteiger partial charge in [-0.2, -0.15) is 0 Å². The van der Waals surface area contributed by atoms with Crippen LogP contribution in [-0.4, -0.2) is 35.7 Å². The average molecular weight is 301 g/mol. The maximum absolute atomic E-state index is 11.7. The van der Waals surface area contributed by atoms with Crippen LogP contribution in [0.4, 0.5) is 10.5 Å². The van der Waals surface area contributed by atoms with Gasteiger partial charge >= 0.3 is 6.03 Å². The minimum absolute atomic E-state index is 0.173. The molecule has 0 fully saturated rings. The predicted molar refractivity (Wildman–Crippen MR) is 72.1 cm³/mol. The number of amides is 2. The maximum atomic E-state index is 11.7. The van der Waals surface area contributed by atoms with Gasteiger partial charge in [0.05, 0.1) is 6.10 Å². The molecule has 17 heavy (non-hydrogen) atoms. The summed E-state index contributed by atoms with van der Waals surface area (Å²) in [5.41, 5.74) is 0.752. The van der Waals surface area contributed by atoms with Crippen LogP contribution in [0, 0.1) is 0 Å². The SMILES string of the molecule is C[C@H](O)CCN(C)C(=O)Nc1ccc(Br)cc1. The van der Waals surface area contributed by atoms with Gasteiger partial charge in [-0.25, -0.2) is 4.79 Å². The van der Waals surface area contributed by atoms with Crippen LogP contribution in [0.15, 0.2) is 28.7 Å². The lowest BCUT2D eigenvalue weighted by Crippen LogP contribution is -2.33. The summed E-state index contributed by atoms with van der Waals surface area (Å²) in [4.78, 5) is 13.3. The summed E-state index contributed by atoms with van der Waals surface area (Å²) in [6.07, 6.45) is 0.183. The zero-order valence-electron chi connectivity index (χ0n) is 9.98. The minimum atomic E-state index is -0.391. The summed E-state index contributed by atoms with van der Waals surface area (Å²) in [5, 5.41) is 11.9. The highest BCUT2D eigenvalue weighted by molar-refractivity contribution is 9.10. The van der Waals surface area contributed by atoms with E-state index in [9.17, 15) is 4.79 Å². The summed E-state index contributed by atoms with van der Waals surface area (Å²) >= 11 is 3.33. The molecule has 1 atom stereocenters. The Morgan fingerprint density at radius 3 is 2.59 bits per heavy atom. The van der Waals surface area contributed by atoms with Gasteiger partial charge in [0.2, 0.25) is 0 Å². The normalized spacial score (nSPS) is 12.0. The average Bonchev–Trinajstić information content (AvgIpc) is 2.28. The number of aliphatic hydroxyl groups excluding tert-OH is 1. The van der Waals surface area contributed by atoms with Crippen molar-refractivity contribution in [2.24, 2.45) is 0 Å². The second kappa shape index (κ2) is 6.61. The third kappa shape index (κ3) is 5.19. The van der Waals surface area contributed by atoms with E-state index in [1.807, 2.05) is 24.3 Å². The molecule has 0 saturated heterocycles. The molecule has 2 N–H and O–H groups in total. The van der Waals surface area contributed by atoms with Crippen LogP contribution in [0.25, 0.3) is 0 Å². The second-order valence-corrected chi connectivity index (χ2v) is 4.91. The number of anilines is 1. The minimum Gasteiger partial charge on any atom is -0.393 e. The number of nitrogens with one attached hydrogen (secondary N) is 1. The van der Waals surface area contributed by atoms with Gasteiger partial charge in [-0.3, -0.25) is 0 Å². The maximum Gasteiger partial charge on any atom is 0.321 e. The molecule has 1 rings (SSSR count). The van der Waals surface area contributed by atoms with Gasteiger partial charge in [0.25, 0.3) is 0 Å². The van der Waals surface area contributed by atoms with Crippen molar-refractivity contribution in [3.8, 4) is 0 Å². The third-order valence-electron chi connectivity index (χ3n) is 2.32. The Morgan fingerprint density at radius 1 is 1.47 bits per heavy atom. The monoisotopic (exact) mass is 300 g/mol. The Bertz CT molecular complexity index is 365. The van der Waals surface area contributed by atoms with E-state index in [2.05, 4.69) is 21.2 Å². The molecule has 94 valence electrons. The molecule has 0 heterocycles. The quantitative estimate of drug-likeness (QED) is 0.898. The Kier molecular flexibility index (Phi) is 5.44. The van der Waals surface area contributed by atoms with E-state index in [-0.39, 0.29) is 6.03 Å². The lowest BCUT2D eigenvalue weighted by atomic mass is 10.3. The van der Waals surface area contributed by atoms with E-state index in [1.165, 1.54) is 0 Å². The fraction of sp³-hybridized carbons (Fsp3) is 0.417. The first-order valence-electron chi connectivity index (χ1n) is 5.45. The number of hydrogen-bond acceptors (Lipinski definition) is 2. The topological polar surface area (TPSA) is 52.6 Å². The van der Waals surface area contributed by atoms with Gasteiger partial charge in [0.1, 0.15) is 0 Å². The van der Waals surface area contributed by atoms with Gasteiger partial charge in [-0.15, -0.1) is 0 Å². The van der Waals surface area contributed by atoms with Crippen molar-refractivity contribution in [2.45, 2.75) is 19.4 Å². The summed E-state index contributed by atoms with van der Waals surface area (Å²) in [6.45, 7) is 2.24. The number of aliphatic hydroxyl groups is 1. The first-order valence-corrected chi connectivity index (χ1v) is 6.24. The smallest absolute Gasteiger partial charge is 0.321 e. The molecular formula is C12H17BrN2O2. The van der Waals surface area contributed by atoms with E-state index in [1.54, 1.807) is 18.9 Å². The van der Waals surface area contributed by atoms with Crippen molar-refractivity contribution < 1.29 is 9.90 Å². The zero-order valence-corrected chi connectivity index (χ0v) is 11.6. The van der Waals surface area contributed by atoms with Crippen LogP contribution < -0.4 is 5.32 Å². The molecule has 0 aromatic heterocycles. The molecule has 0 saturated carbocycles. The van der Waals surface area contributed by atoms with E-state index in [0.717, 1.165) is 10.2 Å². The van der Waals surface area contributed by atoms with Crippen LogP contribution >= 0.6 is 15.9 Å². The Morgan fingerprint density at radius 2 is 2.06 bits per heavy atom. The van der Waals surface area contributed by atoms with Crippen LogP contribution in [0.1, 0.15) is 13.3 Å². The van der Waals surface area contributed by atoms with E-state index >= 15 is 0 Å². The molecule has 0 radical (unpaired) electrons. The highest BCUT2D eigenvalue weighted by Gasteiger charge is 2.09. The number of benzene rings is 1. The molecule has 4 nitrogen and oxygen atoms in total. The molecule has 0 aliphatic carbocycles. The van der Waals surface area contributed by atoms with Crippen LogP contribution in [0.2, 0.25) is 0 Å². The molecule has 1 aromatic rings. The molecule has 0 spiro atoms. The number of halogens is 1. The van der Waals surface area contributed by atoms with Crippen molar-refractivity contribution >= 4 is 27.6 Å². The van der Waals surface area contributed by atoms with Gasteiger partial charge < -0.3 is 15.3 Å². The summed E-state index contributed by atoms with van der Waals surface area (Å²) in [7, 11) is 1.70. The number of carbonyl (C=O) groups is 1. The highest BCUT2D eigenvalue weighted by atomic mass is 79.9. The molecule has 0 bridgehead atoms. The molecular weight excluding hydrogens is 284 g/mol. The molecule has 5 heteroatoms. The van der Waals surface area contributed by atoms with Gasteiger partial charge in [0.15, 0.2) is 0 Å². The second-order valence-electron chi connectivity index (χ2n) is 4.00.